The summed E-state index contributed by atoms with van der Waals surface area (Å²) in [6.07, 6.45) is 2.81. The van der Waals surface area contributed by atoms with Crippen LogP contribution in [0.1, 0.15) is 119 Å². The van der Waals surface area contributed by atoms with Gasteiger partial charge in [0.2, 0.25) is 11.8 Å². The molecule has 17 heteroatoms. The Morgan fingerprint density at radius 1 is 0.411 bits per heavy atom. The first-order valence-corrected chi connectivity index (χ1v) is 31.4. The number of hydrogen-bond donors (Lipinski definition) is 4. The van der Waals surface area contributed by atoms with Gasteiger partial charge in [0.1, 0.15) is 6.61 Å². The number of benzene rings is 6. The van der Waals surface area contributed by atoms with Crippen LogP contribution in [0.15, 0.2) is 182 Å². The normalized spacial score (nSPS) is 12.1. The Labute approximate surface area is 533 Å². The Morgan fingerprint density at radius 3 is 1.12 bits per heavy atom. The van der Waals surface area contributed by atoms with Crippen LogP contribution in [0.3, 0.4) is 0 Å². The molecule has 3 amide bonds. The number of amides is 3. The van der Waals surface area contributed by atoms with Crippen molar-refractivity contribution < 1.29 is 67.0 Å². The molecule has 6 aromatic rings. The molecule has 0 aliphatic carbocycles. The zero-order chi connectivity index (χ0) is 64.9. The second-order valence-electron chi connectivity index (χ2n) is 21.3. The molecule has 0 bridgehead atoms. The quantitative estimate of drug-likeness (QED) is 0.0122. The van der Waals surface area contributed by atoms with Crippen LogP contribution in [-0.4, -0.2) is 146 Å². The molecule has 0 spiro atoms. The number of ether oxygens (including phenoxy) is 8. The molecule has 3 atom stereocenters. The predicted octanol–water partition coefficient (Wildman–Crippen LogP) is 11.1. The average Bonchev–Trinajstić information content (AvgIpc) is 0.848. The monoisotopic (exact) mass is 1240 g/mol. The van der Waals surface area contributed by atoms with Crippen molar-refractivity contribution in [2.24, 2.45) is 0 Å². The minimum Gasteiger partial charge on any atom is -0.466 e. The molecule has 6 rings (SSSR count). The first kappa shape index (κ1) is 74.7. The number of aliphatic hydroxyl groups excluding tert-OH is 1. The van der Waals surface area contributed by atoms with E-state index in [2.05, 4.69) is 93.5 Å². The average molecular weight is 1240 g/mol. The molecule has 3 unspecified atom stereocenters. The van der Waals surface area contributed by atoms with Crippen molar-refractivity contribution in [2.75, 3.05) is 92.8 Å². The molecule has 0 aliphatic heterocycles. The van der Waals surface area contributed by atoms with Crippen molar-refractivity contribution in [1.29, 1.82) is 0 Å². The minimum absolute atomic E-state index is 0.0129. The molecule has 0 saturated carbocycles. The molecule has 0 fully saturated rings. The molecule has 0 radical (unpaired) electrons. The van der Waals surface area contributed by atoms with Gasteiger partial charge in [0.15, 0.2) is 0 Å². The Morgan fingerprint density at radius 2 is 0.767 bits per heavy atom. The first-order chi connectivity index (χ1) is 43.8. The third-order valence-electron chi connectivity index (χ3n) is 14.6. The number of methoxy groups -OCH3 is 1. The fourth-order valence-corrected chi connectivity index (χ4v) is 10.1. The van der Waals surface area contributed by atoms with E-state index in [0.717, 1.165) is 33.4 Å². The molecular weight excluding hydrogens is 1140 g/mol. The van der Waals surface area contributed by atoms with E-state index in [1.165, 1.54) is 7.11 Å². The molecular formula is C73H97N3O14. The van der Waals surface area contributed by atoms with Crippen LogP contribution in [0, 0.1) is 0 Å². The lowest BCUT2D eigenvalue weighted by molar-refractivity contribution is -0.146. The third-order valence-corrected chi connectivity index (χ3v) is 14.6. The van der Waals surface area contributed by atoms with Crippen LogP contribution in [0.5, 0.6) is 0 Å². The molecule has 4 N–H and O–H groups in total. The lowest BCUT2D eigenvalue weighted by Gasteiger charge is -2.36. The maximum Gasteiger partial charge on any atom is 0.406 e. The van der Waals surface area contributed by atoms with E-state index in [1.54, 1.807) is 6.92 Å². The maximum atomic E-state index is 13.1. The number of nitrogens with one attached hydrogen (secondary N) is 3. The van der Waals surface area contributed by atoms with Crippen LogP contribution in [0.2, 0.25) is 0 Å². The fourth-order valence-electron chi connectivity index (χ4n) is 10.1. The van der Waals surface area contributed by atoms with Gasteiger partial charge in [-0.3, -0.25) is 19.2 Å². The molecule has 0 aromatic heterocycles. The number of aliphatic hydroxyl groups is 1. The Balaban J connectivity index is 0.000000367. The van der Waals surface area contributed by atoms with Gasteiger partial charge in [-0.15, -0.1) is 0 Å². The molecule has 0 saturated heterocycles. The van der Waals surface area contributed by atoms with Crippen molar-refractivity contribution in [3.05, 3.63) is 215 Å². The first-order valence-electron chi connectivity index (χ1n) is 31.4. The van der Waals surface area contributed by atoms with Gasteiger partial charge in [0.25, 0.3) is 0 Å². The number of rotatable bonds is 39. The van der Waals surface area contributed by atoms with Crippen LogP contribution in [0.4, 0.5) is 4.79 Å². The molecule has 0 heterocycles. The second kappa shape index (κ2) is 44.6. The second-order valence-corrected chi connectivity index (χ2v) is 21.3. The smallest absolute Gasteiger partial charge is 0.406 e. The zero-order valence-electron chi connectivity index (χ0n) is 53.7. The zero-order valence-corrected chi connectivity index (χ0v) is 53.7. The summed E-state index contributed by atoms with van der Waals surface area (Å²) in [7, 11) is 1.27. The van der Waals surface area contributed by atoms with Crippen LogP contribution < -0.4 is 16.0 Å². The van der Waals surface area contributed by atoms with Crippen LogP contribution in [-0.2, 0) is 67.9 Å². The summed E-state index contributed by atoms with van der Waals surface area (Å²) in [6.45, 7) is 14.6. The number of alkyl carbamates (subject to hydrolysis) is 1. The van der Waals surface area contributed by atoms with Crippen molar-refractivity contribution in [1.82, 2.24) is 16.0 Å². The number of carbonyl (C=O) groups is 5. The highest BCUT2D eigenvalue weighted by Crippen LogP contribution is 2.44. The van der Waals surface area contributed by atoms with Crippen molar-refractivity contribution in [3.63, 3.8) is 0 Å². The van der Waals surface area contributed by atoms with Gasteiger partial charge in [0, 0.05) is 62.8 Å². The summed E-state index contributed by atoms with van der Waals surface area (Å²) in [5.41, 5.74) is 5.97. The Bertz CT molecular complexity index is 2660. The van der Waals surface area contributed by atoms with Gasteiger partial charge >= 0.3 is 18.0 Å². The summed E-state index contributed by atoms with van der Waals surface area (Å²) in [5.74, 6) is -0.599. The van der Waals surface area contributed by atoms with E-state index in [1.807, 2.05) is 137 Å². The third kappa shape index (κ3) is 27.5. The van der Waals surface area contributed by atoms with E-state index in [9.17, 15) is 24.0 Å². The summed E-state index contributed by atoms with van der Waals surface area (Å²) < 4.78 is 42.6. The van der Waals surface area contributed by atoms with Crippen molar-refractivity contribution in [2.45, 2.75) is 115 Å². The van der Waals surface area contributed by atoms with Crippen LogP contribution >= 0.6 is 0 Å². The van der Waals surface area contributed by atoms with E-state index in [0.29, 0.717) is 104 Å². The molecule has 90 heavy (non-hydrogen) atoms. The topological polar surface area (TPSA) is 216 Å². The maximum absolute atomic E-state index is 13.1. The predicted molar refractivity (Wildman–Crippen MR) is 350 cm³/mol. The largest absolute Gasteiger partial charge is 0.466 e. The van der Waals surface area contributed by atoms with Gasteiger partial charge in [-0.05, 0) is 93.7 Å². The number of carbonyl (C=O) groups excluding carboxylic acids is 5. The van der Waals surface area contributed by atoms with Crippen LogP contribution in [0.25, 0.3) is 0 Å². The number of esters is 2. The van der Waals surface area contributed by atoms with E-state index in [-0.39, 0.29) is 74.9 Å². The van der Waals surface area contributed by atoms with Gasteiger partial charge in [0.05, 0.1) is 78.3 Å². The highest BCUT2D eigenvalue weighted by molar-refractivity contribution is 5.77. The summed E-state index contributed by atoms with van der Waals surface area (Å²) in [6, 6.07) is 62.2. The van der Waals surface area contributed by atoms with Gasteiger partial charge in [-0.25, -0.2) is 4.79 Å². The molecule has 0 aliphatic rings. The molecule has 17 nitrogen and oxygen atoms in total. The van der Waals surface area contributed by atoms with Crippen molar-refractivity contribution >= 4 is 29.8 Å². The molecule has 488 valence electrons. The fraction of sp³-hybridized carbons (Fsp3) is 0.438. The summed E-state index contributed by atoms with van der Waals surface area (Å²) in [4.78, 5) is 59.6. The van der Waals surface area contributed by atoms with E-state index < -0.39 is 16.9 Å². The summed E-state index contributed by atoms with van der Waals surface area (Å²) in [5, 5.41) is 16.4. The number of hydrogen-bond acceptors (Lipinski definition) is 14. The summed E-state index contributed by atoms with van der Waals surface area (Å²) >= 11 is 0. The van der Waals surface area contributed by atoms with Gasteiger partial charge in [-0.2, -0.15) is 0 Å². The van der Waals surface area contributed by atoms with Crippen molar-refractivity contribution in [3.8, 4) is 0 Å². The van der Waals surface area contributed by atoms with Gasteiger partial charge in [-0.1, -0.05) is 182 Å². The Kier molecular flexibility index (Phi) is 37.0. The standard InChI is InChI=1S/C41H57NO8.C28H31NO3.C4H9NO3/c1-5-45-26-28-47-34(3)31-50-35(4)32-49-33(2)30-46-27-29-48-40(44)22-15-25-42-39(43)23-24-41(36-16-9-6-10-17-36,37-18-11-7-12-19-37)38-20-13-8-14-21-38;1-2-32-27(31)19-12-22-29-26(30)20-21-28(23-13-6-3-7-14-23,24-15-8-4-9-16-24)25-17-10-5-11-18-25;1-8-4(7)5-2-3-6/h6-14,16-21,33-35H,5,15,22-32H2,1-4H3,(H,42,43);3-11,13-18H,2,12,19-22H2,1H3,(H,29,30);6H,2-3H2,1H3,(H,5,7). The highest BCUT2D eigenvalue weighted by Gasteiger charge is 2.38. The molecule has 6 aromatic carbocycles. The lowest BCUT2D eigenvalue weighted by atomic mass is 9.66. The highest BCUT2D eigenvalue weighted by atomic mass is 16.6. The Hall–Kier alpha value is -7.77. The SMILES string of the molecule is CCOC(=O)CCCNC(=O)CCC(c1ccccc1)(c1ccccc1)c1ccccc1.CCOCCOC(C)COC(C)COC(C)COCCOC(=O)CCCNC(=O)CCC(c1ccccc1)(c1ccccc1)c1ccccc1.COC(=O)NCCO. The van der Waals surface area contributed by atoms with Gasteiger partial charge < -0.3 is 59.0 Å². The van der Waals surface area contributed by atoms with E-state index >= 15 is 0 Å². The lowest BCUT2D eigenvalue weighted by Crippen LogP contribution is -2.33. The van der Waals surface area contributed by atoms with E-state index in [4.69, 9.17) is 38.3 Å². The minimum atomic E-state index is -0.515.